The number of carbonyl (C=O) groups is 2. The lowest BCUT2D eigenvalue weighted by Gasteiger charge is -2.26. The van der Waals surface area contributed by atoms with Crippen molar-refractivity contribution in [1.29, 1.82) is 0 Å². The summed E-state index contributed by atoms with van der Waals surface area (Å²) in [6.07, 6.45) is 3.04. The third-order valence-corrected chi connectivity index (χ3v) is 4.74. The largest absolute Gasteiger partial charge is 0.344 e. The molecule has 27 heavy (non-hydrogen) atoms. The molecule has 1 aliphatic carbocycles. The van der Waals surface area contributed by atoms with Gasteiger partial charge in [-0.15, -0.1) is 0 Å². The monoisotopic (exact) mass is 370 g/mol. The number of aryl methyl sites for hydroxylation is 1. The Labute approximate surface area is 158 Å². The molecule has 5 nitrogen and oxygen atoms in total. The van der Waals surface area contributed by atoms with Crippen LogP contribution in [0.5, 0.6) is 0 Å². The van der Waals surface area contributed by atoms with Crippen molar-refractivity contribution in [3.63, 3.8) is 0 Å². The van der Waals surface area contributed by atoms with Crippen molar-refractivity contribution in [2.24, 2.45) is 0 Å². The maximum Gasteiger partial charge on any atom is 0.279 e. The fourth-order valence-corrected chi connectivity index (χ4v) is 3.53. The summed E-state index contributed by atoms with van der Waals surface area (Å²) >= 11 is 0. The lowest BCUT2D eigenvalue weighted by Crippen LogP contribution is -3.11. The maximum absolute atomic E-state index is 13.2. The van der Waals surface area contributed by atoms with Crippen molar-refractivity contribution in [2.45, 2.75) is 25.3 Å². The van der Waals surface area contributed by atoms with Crippen molar-refractivity contribution in [3.8, 4) is 0 Å². The van der Waals surface area contributed by atoms with Gasteiger partial charge >= 0.3 is 0 Å². The van der Waals surface area contributed by atoms with E-state index in [0.29, 0.717) is 5.69 Å². The van der Waals surface area contributed by atoms with Gasteiger partial charge in [-0.25, -0.2) is 4.39 Å². The Kier molecular flexibility index (Phi) is 6.19. The van der Waals surface area contributed by atoms with E-state index in [-0.39, 0.29) is 30.9 Å². The maximum atomic E-state index is 13.2. The van der Waals surface area contributed by atoms with Gasteiger partial charge in [0, 0.05) is 5.69 Å². The van der Waals surface area contributed by atoms with E-state index in [1.54, 1.807) is 13.1 Å². The molecule has 0 heterocycles. The summed E-state index contributed by atoms with van der Waals surface area (Å²) in [7, 11) is 1.79. The summed E-state index contributed by atoms with van der Waals surface area (Å²) in [6.45, 7) is 0.334. The van der Waals surface area contributed by atoms with E-state index in [1.807, 2.05) is 12.1 Å². The number of hydrogen-bond acceptors (Lipinski definition) is 2. The van der Waals surface area contributed by atoms with Gasteiger partial charge < -0.3 is 15.5 Å². The Morgan fingerprint density at radius 2 is 1.89 bits per heavy atom. The fraction of sp³-hybridized carbons (Fsp3) is 0.333. The van der Waals surface area contributed by atoms with Gasteiger partial charge in [0.15, 0.2) is 13.1 Å². The van der Waals surface area contributed by atoms with Gasteiger partial charge in [0.05, 0.1) is 13.1 Å². The Balaban J connectivity index is 1.49. The SMILES string of the molecule is C[NH+](CC(=O)Nc1cccc(F)c1)CC(=O)N[C@H]1CCCc2ccccc21. The Morgan fingerprint density at radius 3 is 2.70 bits per heavy atom. The number of halogens is 1. The Morgan fingerprint density at radius 1 is 1.11 bits per heavy atom. The van der Waals surface area contributed by atoms with E-state index in [2.05, 4.69) is 22.8 Å². The lowest BCUT2D eigenvalue weighted by atomic mass is 9.88. The Hall–Kier alpha value is -2.73. The zero-order valence-electron chi connectivity index (χ0n) is 15.4. The number of nitrogens with one attached hydrogen (secondary N) is 3. The molecule has 0 spiro atoms. The minimum atomic E-state index is -0.402. The van der Waals surface area contributed by atoms with Crippen molar-refractivity contribution in [3.05, 3.63) is 65.5 Å². The quantitative estimate of drug-likeness (QED) is 0.721. The molecule has 142 valence electrons. The molecule has 3 N–H and O–H groups in total. The molecule has 0 radical (unpaired) electrons. The first-order chi connectivity index (χ1) is 13.0. The number of fused-ring (bicyclic) bond motifs is 1. The normalized spacial score (nSPS) is 16.9. The number of rotatable bonds is 6. The van der Waals surface area contributed by atoms with Gasteiger partial charge in [-0.2, -0.15) is 0 Å². The number of likely N-dealkylation sites (N-methyl/N-ethyl adjacent to an activating group) is 1. The molecular weight excluding hydrogens is 345 g/mol. The molecule has 2 amide bonds. The highest BCUT2D eigenvalue weighted by molar-refractivity contribution is 5.91. The molecule has 0 aromatic heterocycles. The first kappa shape index (κ1) is 19.0. The molecule has 0 saturated heterocycles. The number of anilines is 1. The molecule has 0 bridgehead atoms. The summed E-state index contributed by atoms with van der Waals surface area (Å²) in [4.78, 5) is 25.3. The second-order valence-corrected chi connectivity index (χ2v) is 7.08. The first-order valence-corrected chi connectivity index (χ1v) is 9.25. The van der Waals surface area contributed by atoms with E-state index >= 15 is 0 Å². The van der Waals surface area contributed by atoms with Gasteiger partial charge in [0.2, 0.25) is 0 Å². The summed E-state index contributed by atoms with van der Waals surface area (Å²) in [5, 5.41) is 5.75. The number of quaternary nitrogens is 1. The molecule has 2 aromatic carbocycles. The van der Waals surface area contributed by atoms with Crippen molar-refractivity contribution >= 4 is 17.5 Å². The number of hydrogen-bond donors (Lipinski definition) is 3. The van der Waals surface area contributed by atoms with Crippen LogP contribution in [0.4, 0.5) is 10.1 Å². The third-order valence-electron chi connectivity index (χ3n) is 4.74. The molecule has 0 fully saturated rings. The second kappa shape index (κ2) is 8.77. The van der Waals surface area contributed by atoms with Crippen LogP contribution in [-0.4, -0.2) is 32.0 Å². The number of benzene rings is 2. The molecular formula is C21H25FN3O2+. The smallest absolute Gasteiger partial charge is 0.279 e. The Bertz CT molecular complexity index is 825. The summed E-state index contributed by atoms with van der Waals surface area (Å²) < 4.78 is 13.2. The standard InChI is InChI=1S/C21H24FN3O2/c1-25(13-20(26)23-17-9-5-8-16(22)12-17)14-21(27)24-19-11-4-7-15-6-2-3-10-18(15)19/h2-3,5-6,8-10,12,19H,4,7,11,13-14H2,1H3,(H,23,26)(H,24,27)/p+1/t19-/m0/s1. The first-order valence-electron chi connectivity index (χ1n) is 9.25. The van der Waals surface area contributed by atoms with Crippen LogP contribution in [0.25, 0.3) is 0 Å². The van der Waals surface area contributed by atoms with E-state index in [1.165, 1.54) is 29.3 Å². The van der Waals surface area contributed by atoms with Gasteiger partial charge in [-0.05, 0) is 48.6 Å². The minimum absolute atomic E-state index is 0.0383. The van der Waals surface area contributed by atoms with E-state index in [0.717, 1.165) is 24.2 Å². The van der Waals surface area contributed by atoms with Gasteiger partial charge in [-0.3, -0.25) is 9.59 Å². The molecule has 1 aliphatic rings. The van der Waals surface area contributed by atoms with E-state index in [4.69, 9.17) is 0 Å². The number of carbonyl (C=O) groups excluding carboxylic acids is 2. The third kappa shape index (κ3) is 5.37. The van der Waals surface area contributed by atoms with Gasteiger partial charge in [-0.1, -0.05) is 30.3 Å². The minimum Gasteiger partial charge on any atom is -0.344 e. The predicted octanol–water partition coefficient (Wildman–Crippen LogP) is 1.47. The highest BCUT2D eigenvalue weighted by Gasteiger charge is 2.23. The lowest BCUT2D eigenvalue weighted by molar-refractivity contribution is -0.862. The van der Waals surface area contributed by atoms with Crippen LogP contribution in [0.1, 0.15) is 30.0 Å². The molecule has 0 saturated carbocycles. The second-order valence-electron chi connectivity index (χ2n) is 7.08. The van der Waals surface area contributed by atoms with Crippen LogP contribution in [0.2, 0.25) is 0 Å². The molecule has 0 aliphatic heterocycles. The number of amides is 2. The van der Waals surface area contributed by atoms with Crippen molar-refractivity contribution < 1.29 is 18.9 Å². The molecule has 2 aromatic rings. The van der Waals surface area contributed by atoms with Crippen LogP contribution < -0.4 is 15.5 Å². The topological polar surface area (TPSA) is 62.6 Å². The molecule has 6 heteroatoms. The fourth-order valence-electron chi connectivity index (χ4n) is 3.53. The average Bonchev–Trinajstić information content (AvgIpc) is 2.61. The van der Waals surface area contributed by atoms with Gasteiger partial charge in [0.25, 0.3) is 11.8 Å². The predicted molar refractivity (Wildman–Crippen MR) is 102 cm³/mol. The molecule has 1 unspecified atom stereocenters. The molecule has 2 atom stereocenters. The van der Waals surface area contributed by atoms with E-state index in [9.17, 15) is 14.0 Å². The van der Waals surface area contributed by atoms with Crippen molar-refractivity contribution in [1.82, 2.24) is 5.32 Å². The van der Waals surface area contributed by atoms with Gasteiger partial charge in [0.1, 0.15) is 5.82 Å². The average molecular weight is 370 g/mol. The highest BCUT2D eigenvalue weighted by atomic mass is 19.1. The zero-order chi connectivity index (χ0) is 19.2. The van der Waals surface area contributed by atoms with Crippen LogP contribution in [0.15, 0.2) is 48.5 Å². The van der Waals surface area contributed by atoms with Crippen LogP contribution >= 0.6 is 0 Å². The van der Waals surface area contributed by atoms with Crippen molar-refractivity contribution in [2.75, 3.05) is 25.5 Å². The highest BCUT2D eigenvalue weighted by Crippen LogP contribution is 2.29. The van der Waals surface area contributed by atoms with Crippen LogP contribution in [0.3, 0.4) is 0 Å². The zero-order valence-corrected chi connectivity index (χ0v) is 15.4. The summed E-state index contributed by atoms with van der Waals surface area (Å²) in [5.74, 6) is -0.734. The summed E-state index contributed by atoms with van der Waals surface area (Å²) in [5.41, 5.74) is 2.90. The van der Waals surface area contributed by atoms with E-state index < -0.39 is 5.82 Å². The summed E-state index contributed by atoms with van der Waals surface area (Å²) in [6, 6.07) is 14.0. The molecule has 3 rings (SSSR count). The van der Waals surface area contributed by atoms with Crippen LogP contribution in [0, 0.1) is 5.82 Å². The van der Waals surface area contributed by atoms with Crippen LogP contribution in [-0.2, 0) is 16.0 Å².